The van der Waals surface area contributed by atoms with Crippen molar-refractivity contribution in [3.63, 3.8) is 0 Å². The molecule has 5 heteroatoms. The monoisotopic (exact) mass is 275 g/mol. The van der Waals surface area contributed by atoms with Crippen molar-refractivity contribution in [3.8, 4) is 11.3 Å². The van der Waals surface area contributed by atoms with Crippen LogP contribution in [-0.2, 0) is 4.74 Å². The topological polar surface area (TPSA) is 42.7 Å². The fourth-order valence-corrected chi connectivity index (χ4v) is 2.18. The number of ether oxygens (including phenoxy) is 1. The minimum atomic E-state index is -0.368. The van der Waals surface area contributed by atoms with Gasteiger partial charge in [0, 0.05) is 13.1 Å². The van der Waals surface area contributed by atoms with E-state index in [4.69, 9.17) is 9.15 Å². The van der Waals surface area contributed by atoms with Crippen LogP contribution in [0, 0.1) is 5.82 Å². The predicted octanol–water partition coefficient (Wildman–Crippen LogP) is 2.56. The smallest absolute Gasteiger partial charge is 0.289 e. The lowest BCUT2D eigenvalue weighted by Gasteiger charge is -2.25. The van der Waals surface area contributed by atoms with Crippen LogP contribution in [-0.4, -0.2) is 37.1 Å². The van der Waals surface area contributed by atoms with Gasteiger partial charge in [-0.05, 0) is 24.3 Å². The van der Waals surface area contributed by atoms with E-state index in [-0.39, 0.29) is 17.5 Å². The lowest BCUT2D eigenvalue weighted by atomic mass is 10.1. The number of halogens is 1. The summed E-state index contributed by atoms with van der Waals surface area (Å²) in [6, 6.07) is 9.52. The highest BCUT2D eigenvalue weighted by Crippen LogP contribution is 2.25. The van der Waals surface area contributed by atoms with Crippen LogP contribution in [0.5, 0.6) is 0 Å². The molecule has 0 radical (unpaired) electrons. The lowest BCUT2D eigenvalue weighted by Crippen LogP contribution is -2.40. The summed E-state index contributed by atoms with van der Waals surface area (Å²) in [4.78, 5) is 13.9. The van der Waals surface area contributed by atoms with Gasteiger partial charge in [0.05, 0.1) is 18.8 Å². The van der Waals surface area contributed by atoms with Gasteiger partial charge in [-0.25, -0.2) is 4.39 Å². The molecular weight excluding hydrogens is 261 g/mol. The van der Waals surface area contributed by atoms with E-state index in [2.05, 4.69) is 0 Å². The Hall–Kier alpha value is -2.14. The van der Waals surface area contributed by atoms with Crippen molar-refractivity contribution >= 4 is 5.91 Å². The molecule has 0 aliphatic carbocycles. The zero-order valence-electron chi connectivity index (χ0n) is 10.8. The van der Waals surface area contributed by atoms with Crippen LogP contribution < -0.4 is 0 Å². The van der Waals surface area contributed by atoms with Crippen molar-refractivity contribution in [2.24, 2.45) is 0 Å². The number of benzene rings is 1. The van der Waals surface area contributed by atoms with Crippen LogP contribution in [0.25, 0.3) is 11.3 Å². The van der Waals surface area contributed by atoms with Gasteiger partial charge in [-0.1, -0.05) is 12.1 Å². The van der Waals surface area contributed by atoms with Crippen LogP contribution in [0.3, 0.4) is 0 Å². The summed E-state index contributed by atoms with van der Waals surface area (Å²) in [5.41, 5.74) is 0.355. The number of amides is 1. The average molecular weight is 275 g/mol. The lowest BCUT2D eigenvalue weighted by molar-refractivity contribution is 0.0283. The molecular formula is C15H14FNO3. The Morgan fingerprint density at radius 3 is 2.60 bits per heavy atom. The fourth-order valence-electron chi connectivity index (χ4n) is 2.18. The summed E-state index contributed by atoms with van der Waals surface area (Å²) in [7, 11) is 0. The third kappa shape index (κ3) is 2.44. The molecule has 0 atom stereocenters. The van der Waals surface area contributed by atoms with Crippen molar-refractivity contribution in [1.29, 1.82) is 0 Å². The minimum absolute atomic E-state index is 0.184. The molecule has 1 aliphatic rings. The van der Waals surface area contributed by atoms with Crippen molar-refractivity contribution < 1.29 is 18.3 Å². The molecule has 20 heavy (non-hydrogen) atoms. The largest absolute Gasteiger partial charge is 0.451 e. The van der Waals surface area contributed by atoms with Crippen LogP contribution in [0.1, 0.15) is 10.6 Å². The predicted molar refractivity (Wildman–Crippen MR) is 70.8 cm³/mol. The Morgan fingerprint density at radius 2 is 1.85 bits per heavy atom. The highest BCUT2D eigenvalue weighted by molar-refractivity contribution is 5.92. The molecule has 1 amide bonds. The van der Waals surface area contributed by atoms with E-state index in [1.807, 2.05) is 0 Å². The molecule has 0 bridgehead atoms. The van der Waals surface area contributed by atoms with Gasteiger partial charge in [-0.15, -0.1) is 0 Å². The molecule has 1 aromatic heterocycles. The zero-order valence-corrected chi connectivity index (χ0v) is 10.8. The first-order valence-electron chi connectivity index (χ1n) is 6.47. The van der Waals surface area contributed by atoms with E-state index in [0.717, 1.165) is 0 Å². The molecule has 0 unspecified atom stereocenters. The van der Waals surface area contributed by atoms with Gasteiger partial charge in [0.15, 0.2) is 5.76 Å². The average Bonchev–Trinajstić information content (AvgIpc) is 2.97. The summed E-state index contributed by atoms with van der Waals surface area (Å²) in [5, 5.41) is 0. The molecule has 0 N–H and O–H groups in total. The van der Waals surface area contributed by atoms with Gasteiger partial charge in [-0.2, -0.15) is 0 Å². The standard InChI is InChI=1S/C15H14FNO3/c16-12-4-2-1-3-11(12)13-5-6-14(20-13)15(18)17-7-9-19-10-8-17/h1-6H,7-10H2. The third-order valence-corrected chi connectivity index (χ3v) is 3.25. The van der Waals surface area contributed by atoms with Crippen LogP contribution in [0.15, 0.2) is 40.8 Å². The van der Waals surface area contributed by atoms with Gasteiger partial charge in [0.2, 0.25) is 0 Å². The summed E-state index contributed by atoms with van der Waals surface area (Å²) in [6.07, 6.45) is 0. The second-order valence-corrected chi connectivity index (χ2v) is 4.55. The Morgan fingerprint density at radius 1 is 1.10 bits per heavy atom. The van der Waals surface area contributed by atoms with Crippen molar-refractivity contribution in [3.05, 3.63) is 48.0 Å². The number of carbonyl (C=O) groups is 1. The van der Waals surface area contributed by atoms with E-state index in [9.17, 15) is 9.18 Å². The molecule has 104 valence electrons. The molecule has 4 nitrogen and oxygen atoms in total. The van der Waals surface area contributed by atoms with E-state index in [1.165, 1.54) is 6.07 Å². The number of morpholine rings is 1. The Bertz CT molecular complexity index is 617. The summed E-state index contributed by atoms with van der Waals surface area (Å²) >= 11 is 0. The van der Waals surface area contributed by atoms with Gasteiger partial charge in [0.1, 0.15) is 11.6 Å². The molecule has 1 aromatic carbocycles. The van der Waals surface area contributed by atoms with Crippen molar-refractivity contribution in [1.82, 2.24) is 4.90 Å². The number of hydrogen-bond acceptors (Lipinski definition) is 3. The number of furan rings is 1. The van der Waals surface area contributed by atoms with Crippen LogP contribution >= 0.6 is 0 Å². The highest BCUT2D eigenvalue weighted by atomic mass is 19.1. The summed E-state index contributed by atoms with van der Waals surface area (Å²) in [6.45, 7) is 2.17. The van der Waals surface area contributed by atoms with Crippen LogP contribution in [0.2, 0.25) is 0 Å². The Balaban J connectivity index is 1.83. The number of hydrogen-bond donors (Lipinski definition) is 0. The molecule has 0 spiro atoms. The maximum atomic E-state index is 13.7. The normalized spacial score (nSPS) is 15.3. The van der Waals surface area contributed by atoms with E-state index in [0.29, 0.717) is 37.6 Å². The molecule has 1 fully saturated rings. The number of nitrogens with zero attached hydrogens (tertiary/aromatic N) is 1. The van der Waals surface area contributed by atoms with Crippen molar-refractivity contribution in [2.45, 2.75) is 0 Å². The maximum absolute atomic E-state index is 13.7. The molecule has 1 saturated heterocycles. The fraction of sp³-hybridized carbons (Fsp3) is 0.267. The van der Waals surface area contributed by atoms with Gasteiger partial charge in [-0.3, -0.25) is 4.79 Å². The first-order valence-corrected chi connectivity index (χ1v) is 6.47. The minimum Gasteiger partial charge on any atom is -0.451 e. The molecule has 0 saturated carbocycles. The number of rotatable bonds is 2. The molecule has 3 rings (SSSR count). The van der Waals surface area contributed by atoms with Gasteiger partial charge < -0.3 is 14.1 Å². The SMILES string of the molecule is O=C(c1ccc(-c2ccccc2F)o1)N1CCOCC1. The maximum Gasteiger partial charge on any atom is 0.289 e. The van der Waals surface area contributed by atoms with Crippen LogP contribution in [0.4, 0.5) is 4.39 Å². The van der Waals surface area contributed by atoms with Crippen molar-refractivity contribution in [2.75, 3.05) is 26.3 Å². The third-order valence-electron chi connectivity index (χ3n) is 3.25. The van der Waals surface area contributed by atoms with E-state index >= 15 is 0 Å². The quantitative estimate of drug-likeness (QED) is 0.846. The first kappa shape index (κ1) is 12.9. The molecule has 2 heterocycles. The molecule has 1 aliphatic heterocycles. The second kappa shape index (κ2) is 5.46. The Kier molecular flexibility index (Phi) is 3.52. The second-order valence-electron chi connectivity index (χ2n) is 4.55. The van der Waals surface area contributed by atoms with E-state index in [1.54, 1.807) is 35.2 Å². The summed E-state index contributed by atoms with van der Waals surface area (Å²) < 4.78 is 24.4. The highest BCUT2D eigenvalue weighted by Gasteiger charge is 2.22. The Labute approximate surface area is 115 Å². The van der Waals surface area contributed by atoms with Gasteiger partial charge in [0.25, 0.3) is 5.91 Å². The van der Waals surface area contributed by atoms with E-state index < -0.39 is 0 Å². The summed E-state index contributed by atoms with van der Waals surface area (Å²) in [5.74, 6) is 0.0352. The zero-order chi connectivity index (χ0) is 13.9. The number of carbonyl (C=O) groups excluding carboxylic acids is 1. The molecule has 2 aromatic rings. The first-order chi connectivity index (χ1) is 9.75. The van der Waals surface area contributed by atoms with Gasteiger partial charge >= 0.3 is 0 Å².